The van der Waals surface area contributed by atoms with Crippen LogP contribution in [0.2, 0.25) is 0 Å². The molecule has 0 spiro atoms. The molecular weight excluding hydrogens is 478 g/mol. The summed E-state index contributed by atoms with van der Waals surface area (Å²) in [4.78, 5) is 43.0. The number of carbonyl (C=O) groups is 3. The molecule has 3 atom stereocenters. The fourth-order valence-electron chi connectivity index (χ4n) is 5.17. The van der Waals surface area contributed by atoms with Crippen molar-refractivity contribution in [3.63, 3.8) is 0 Å². The SMILES string of the molecule is CCC(C)C(NC(=O)OC(C)(C)C)C(=O)N(C(C(=O)NC1CCCCC1)c1ccc(C)cc1C)C(C)(C)C. The number of benzene rings is 1. The predicted molar refractivity (Wildman–Crippen MR) is 153 cm³/mol. The fourth-order valence-corrected chi connectivity index (χ4v) is 5.17. The van der Waals surface area contributed by atoms with Gasteiger partial charge in [0.2, 0.25) is 11.8 Å². The first-order chi connectivity index (χ1) is 17.5. The molecule has 1 aliphatic carbocycles. The summed E-state index contributed by atoms with van der Waals surface area (Å²) >= 11 is 0. The highest BCUT2D eigenvalue weighted by atomic mass is 16.6. The number of amides is 3. The molecule has 0 bridgehead atoms. The number of aryl methyl sites for hydroxylation is 2. The van der Waals surface area contributed by atoms with Crippen LogP contribution in [0.15, 0.2) is 18.2 Å². The average molecular weight is 530 g/mol. The number of alkyl carbamates (subject to hydrolysis) is 1. The van der Waals surface area contributed by atoms with Crippen molar-refractivity contribution in [2.45, 2.75) is 137 Å². The summed E-state index contributed by atoms with van der Waals surface area (Å²) in [6.45, 7) is 19.1. The Kier molecular flexibility index (Phi) is 10.8. The number of hydrogen-bond donors (Lipinski definition) is 2. The standard InChI is InChI=1S/C31H51N3O4/c1-11-21(3)25(33-29(37)38-31(8,9)10)28(36)34(30(5,6)7)26(24-18-17-20(2)19-22(24)4)27(35)32-23-15-13-12-14-16-23/h17-19,21,23,25-26H,11-16H2,1-10H3,(H,32,35)(H,33,37). The summed E-state index contributed by atoms with van der Waals surface area (Å²) in [5, 5.41) is 6.12. The zero-order valence-corrected chi connectivity index (χ0v) is 25.4. The van der Waals surface area contributed by atoms with E-state index < -0.39 is 29.3 Å². The lowest BCUT2D eigenvalue weighted by molar-refractivity contribution is -0.149. The molecule has 0 saturated heterocycles. The van der Waals surface area contributed by atoms with Crippen molar-refractivity contribution in [3.05, 3.63) is 34.9 Å². The minimum absolute atomic E-state index is 0.103. The quantitative estimate of drug-likeness (QED) is 0.410. The Bertz CT molecular complexity index is 970. The summed E-state index contributed by atoms with van der Waals surface area (Å²) in [5.41, 5.74) is 1.45. The van der Waals surface area contributed by atoms with E-state index in [4.69, 9.17) is 4.74 Å². The van der Waals surface area contributed by atoms with Gasteiger partial charge in [0.15, 0.2) is 0 Å². The summed E-state index contributed by atoms with van der Waals surface area (Å²) in [6.07, 6.45) is 5.31. The lowest BCUT2D eigenvalue weighted by Gasteiger charge is -2.44. The van der Waals surface area contributed by atoms with Crippen LogP contribution < -0.4 is 10.6 Å². The first-order valence-corrected chi connectivity index (χ1v) is 14.2. The second-order valence-corrected chi connectivity index (χ2v) is 13.0. The molecule has 3 unspecified atom stereocenters. The average Bonchev–Trinajstić information content (AvgIpc) is 2.79. The summed E-state index contributed by atoms with van der Waals surface area (Å²) in [6, 6.07) is 4.42. The van der Waals surface area contributed by atoms with Crippen molar-refractivity contribution in [1.29, 1.82) is 0 Å². The Hall–Kier alpha value is -2.57. The van der Waals surface area contributed by atoms with Crippen molar-refractivity contribution < 1.29 is 19.1 Å². The third-order valence-corrected chi connectivity index (χ3v) is 7.29. The number of hydrogen-bond acceptors (Lipinski definition) is 4. The van der Waals surface area contributed by atoms with Crippen LogP contribution in [0.25, 0.3) is 0 Å². The molecule has 0 heterocycles. The molecule has 1 saturated carbocycles. The van der Waals surface area contributed by atoms with E-state index in [1.165, 1.54) is 6.42 Å². The van der Waals surface area contributed by atoms with E-state index in [2.05, 4.69) is 10.6 Å². The largest absolute Gasteiger partial charge is 0.444 e. The molecule has 0 radical (unpaired) electrons. The first-order valence-electron chi connectivity index (χ1n) is 14.2. The molecule has 0 aromatic heterocycles. The molecule has 3 amide bonds. The van der Waals surface area contributed by atoms with Gasteiger partial charge in [0, 0.05) is 11.6 Å². The van der Waals surface area contributed by atoms with Crippen molar-refractivity contribution in [2.75, 3.05) is 0 Å². The molecular formula is C31H51N3O4. The maximum Gasteiger partial charge on any atom is 0.408 e. The van der Waals surface area contributed by atoms with Crippen molar-refractivity contribution in [2.24, 2.45) is 5.92 Å². The van der Waals surface area contributed by atoms with Crippen molar-refractivity contribution >= 4 is 17.9 Å². The van der Waals surface area contributed by atoms with E-state index >= 15 is 0 Å². The predicted octanol–water partition coefficient (Wildman–Crippen LogP) is 6.36. The topological polar surface area (TPSA) is 87.7 Å². The number of nitrogens with one attached hydrogen (secondary N) is 2. The maximum absolute atomic E-state index is 14.5. The van der Waals surface area contributed by atoms with Gasteiger partial charge in [0.25, 0.3) is 0 Å². The third kappa shape index (κ3) is 8.74. The number of rotatable bonds is 8. The molecule has 1 aliphatic rings. The Morgan fingerprint density at radius 2 is 1.63 bits per heavy atom. The number of ether oxygens (including phenoxy) is 1. The smallest absolute Gasteiger partial charge is 0.408 e. The lowest BCUT2D eigenvalue weighted by Crippen LogP contribution is -2.60. The van der Waals surface area contributed by atoms with E-state index in [0.29, 0.717) is 6.42 Å². The molecule has 7 nitrogen and oxygen atoms in total. The van der Waals surface area contributed by atoms with Crippen LogP contribution in [0.1, 0.15) is 117 Å². The third-order valence-electron chi connectivity index (χ3n) is 7.29. The van der Waals surface area contributed by atoms with Gasteiger partial charge < -0.3 is 20.3 Å². The van der Waals surface area contributed by atoms with Gasteiger partial charge in [-0.05, 0) is 85.3 Å². The number of nitrogens with zero attached hydrogens (tertiary/aromatic N) is 1. The second kappa shape index (κ2) is 13.0. The fraction of sp³-hybridized carbons (Fsp3) is 0.710. The molecule has 38 heavy (non-hydrogen) atoms. The zero-order valence-electron chi connectivity index (χ0n) is 25.4. The van der Waals surface area contributed by atoms with Crippen LogP contribution in [0.4, 0.5) is 4.79 Å². The lowest BCUT2D eigenvalue weighted by atomic mass is 9.89. The van der Waals surface area contributed by atoms with E-state index in [1.807, 2.05) is 66.7 Å². The van der Waals surface area contributed by atoms with E-state index in [-0.39, 0.29) is 23.8 Å². The zero-order chi connectivity index (χ0) is 28.8. The van der Waals surface area contributed by atoms with Crippen LogP contribution in [0, 0.1) is 19.8 Å². The van der Waals surface area contributed by atoms with Crippen LogP contribution in [-0.4, -0.2) is 46.0 Å². The molecule has 1 fully saturated rings. The normalized spacial score (nSPS) is 17.2. The van der Waals surface area contributed by atoms with Gasteiger partial charge >= 0.3 is 6.09 Å². The Morgan fingerprint density at radius 1 is 1.03 bits per heavy atom. The van der Waals surface area contributed by atoms with Gasteiger partial charge in [-0.15, -0.1) is 0 Å². The van der Waals surface area contributed by atoms with Gasteiger partial charge in [0.05, 0.1) is 0 Å². The summed E-state index contributed by atoms with van der Waals surface area (Å²) < 4.78 is 5.50. The van der Waals surface area contributed by atoms with Crippen molar-refractivity contribution in [1.82, 2.24) is 15.5 Å². The molecule has 0 aliphatic heterocycles. The molecule has 2 rings (SSSR count). The van der Waals surface area contributed by atoms with Crippen LogP contribution >= 0.6 is 0 Å². The Balaban J connectivity index is 2.58. The van der Waals surface area contributed by atoms with Gasteiger partial charge in [-0.2, -0.15) is 0 Å². The maximum atomic E-state index is 14.5. The molecule has 1 aromatic rings. The number of carbonyl (C=O) groups excluding carboxylic acids is 3. The Morgan fingerprint density at radius 3 is 2.13 bits per heavy atom. The highest BCUT2D eigenvalue weighted by molar-refractivity contribution is 5.93. The van der Waals surface area contributed by atoms with Gasteiger partial charge in [-0.25, -0.2) is 4.79 Å². The molecule has 214 valence electrons. The summed E-state index contributed by atoms with van der Waals surface area (Å²) in [5.74, 6) is -0.630. The van der Waals surface area contributed by atoms with Gasteiger partial charge in [0.1, 0.15) is 17.7 Å². The first kappa shape index (κ1) is 31.6. The second-order valence-electron chi connectivity index (χ2n) is 13.0. The van der Waals surface area contributed by atoms with E-state index in [9.17, 15) is 14.4 Å². The molecule has 2 N–H and O–H groups in total. The van der Waals surface area contributed by atoms with E-state index in [1.54, 1.807) is 25.7 Å². The van der Waals surface area contributed by atoms with Gasteiger partial charge in [-0.3, -0.25) is 9.59 Å². The minimum atomic E-state index is -0.843. The molecule has 1 aromatic carbocycles. The highest BCUT2D eigenvalue weighted by Crippen LogP contribution is 2.34. The van der Waals surface area contributed by atoms with Crippen LogP contribution in [0.3, 0.4) is 0 Å². The van der Waals surface area contributed by atoms with Gasteiger partial charge in [-0.1, -0.05) is 63.3 Å². The minimum Gasteiger partial charge on any atom is -0.444 e. The molecule has 7 heteroatoms. The monoisotopic (exact) mass is 529 g/mol. The van der Waals surface area contributed by atoms with E-state index in [0.717, 1.165) is 42.4 Å². The van der Waals surface area contributed by atoms with Crippen LogP contribution in [-0.2, 0) is 14.3 Å². The highest BCUT2D eigenvalue weighted by Gasteiger charge is 2.43. The Labute approximate surface area is 230 Å². The van der Waals surface area contributed by atoms with Crippen LogP contribution in [0.5, 0.6) is 0 Å². The summed E-state index contributed by atoms with van der Waals surface area (Å²) in [7, 11) is 0. The van der Waals surface area contributed by atoms with Crippen molar-refractivity contribution in [3.8, 4) is 0 Å².